The molecule has 0 bridgehead atoms. The fourth-order valence-corrected chi connectivity index (χ4v) is 1.22. The first-order valence-corrected chi connectivity index (χ1v) is 5.68. The molecular weight excluding hydrogens is 200 g/mol. The van der Waals surface area contributed by atoms with Crippen LogP contribution in [0.1, 0.15) is 6.42 Å². The smallest absolute Gasteiger partial charge is 0.229 e. The molecule has 0 atom stereocenters. The minimum Gasteiger partial charge on any atom is -0.355 e. The number of sulfonamides is 1. The lowest BCUT2D eigenvalue weighted by atomic mass is 10.5. The van der Waals surface area contributed by atoms with Gasteiger partial charge >= 0.3 is 0 Å². The van der Waals surface area contributed by atoms with Crippen LogP contribution in [0.3, 0.4) is 0 Å². The number of thiol groups is 1. The van der Waals surface area contributed by atoms with Gasteiger partial charge in [-0.2, -0.15) is 12.6 Å². The Morgan fingerprint density at radius 2 is 2.08 bits per heavy atom. The van der Waals surface area contributed by atoms with E-state index in [0.717, 1.165) is 0 Å². The van der Waals surface area contributed by atoms with E-state index in [2.05, 4.69) is 17.9 Å². The molecule has 0 rings (SSSR count). The van der Waals surface area contributed by atoms with Gasteiger partial charge in [-0.25, -0.2) is 13.6 Å². The second kappa shape index (κ2) is 5.39. The van der Waals surface area contributed by atoms with E-state index in [1.807, 2.05) is 0 Å². The van der Waals surface area contributed by atoms with Crippen LogP contribution in [0.15, 0.2) is 0 Å². The number of carbonyl (C=O) groups excluding carboxylic acids is 1. The van der Waals surface area contributed by atoms with Crippen molar-refractivity contribution >= 4 is 28.6 Å². The lowest BCUT2D eigenvalue weighted by Crippen LogP contribution is -2.28. The molecule has 1 amide bonds. The van der Waals surface area contributed by atoms with Crippen molar-refractivity contribution in [2.75, 3.05) is 18.1 Å². The van der Waals surface area contributed by atoms with Crippen molar-refractivity contribution in [2.45, 2.75) is 6.42 Å². The monoisotopic (exact) mass is 212 g/mol. The normalized spacial score (nSPS) is 11.2. The number of carbonyl (C=O) groups is 1. The van der Waals surface area contributed by atoms with Crippen molar-refractivity contribution in [3.63, 3.8) is 0 Å². The molecular formula is C5H12N2O3S2. The van der Waals surface area contributed by atoms with Crippen LogP contribution in [0.5, 0.6) is 0 Å². The zero-order valence-corrected chi connectivity index (χ0v) is 8.20. The summed E-state index contributed by atoms with van der Waals surface area (Å²) in [5, 5.41) is 7.20. The standard InChI is InChI=1S/C5H12N2O3S2/c6-12(9,10)3-1-2-7-5(8)4-11/h11H,1-4H2,(H,7,8)(H2,6,9,10). The molecule has 0 aromatic rings. The molecule has 0 spiro atoms. The number of amides is 1. The van der Waals surface area contributed by atoms with Crippen LogP contribution in [0.4, 0.5) is 0 Å². The van der Waals surface area contributed by atoms with Gasteiger partial charge < -0.3 is 5.32 Å². The van der Waals surface area contributed by atoms with Crippen LogP contribution < -0.4 is 10.5 Å². The molecule has 0 aromatic carbocycles. The van der Waals surface area contributed by atoms with E-state index < -0.39 is 10.0 Å². The summed E-state index contributed by atoms with van der Waals surface area (Å²) in [7, 11) is -3.40. The molecule has 3 N–H and O–H groups in total. The Morgan fingerprint density at radius 3 is 2.50 bits per heavy atom. The topological polar surface area (TPSA) is 89.3 Å². The summed E-state index contributed by atoms with van der Waals surface area (Å²) in [6, 6.07) is 0. The molecule has 0 aromatic heterocycles. The van der Waals surface area contributed by atoms with E-state index >= 15 is 0 Å². The molecule has 0 aliphatic heterocycles. The van der Waals surface area contributed by atoms with Crippen molar-refractivity contribution in [2.24, 2.45) is 5.14 Å². The third-order valence-corrected chi connectivity index (χ3v) is 2.22. The quantitative estimate of drug-likeness (QED) is 0.391. The molecule has 7 heteroatoms. The summed E-state index contributed by atoms with van der Waals surface area (Å²) in [6.07, 6.45) is 0.332. The maximum Gasteiger partial charge on any atom is 0.229 e. The third-order valence-electron chi connectivity index (χ3n) is 1.07. The van der Waals surface area contributed by atoms with Crippen LogP contribution in [-0.4, -0.2) is 32.4 Å². The Bertz CT molecular complexity index is 237. The average molecular weight is 212 g/mol. The van der Waals surface area contributed by atoms with Gasteiger partial charge in [0.15, 0.2) is 0 Å². The van der Waals surface area contributed by atoms with Crippen molar-refractivity contribution < 1.29 is 13.2 Å². The minimum absolute atomic E-state index is 0.107. The molecule has 0 radical (unpaired) electrons. The highest BCUT2D eigenvalue weighted by atomic mass is 32.2. The van der Waals surface area contributed by atoms with Gasteiger partial charge in [0.2, 0.25) is 15.9 Å². The first kappa shape index (κ1) is 11.7. The largest absolute Gasteiger partial charge is 0.355 e. The SMILES string of the molecule is NS(=O)(=O)CCCNC(=O)CS. The second-order valence-corrected chi connectivity index (χ2v) is 4.28. The van der Waals surface area contributed by atoms with E-state index in [1.165, 1.54) is 0 Å². The van der Waals surface area contributed by atoms with Crippen LogP contribution in [0, 0.1) is 0 Å². The lowest BCUT2D eigenvalue weighted by molar-refractivity contribution is -0.118. The van der Waals surface area contributed by atoms with E-state index in [0.29, 0.717) is 13.0 Å². The predicted molar refractivity (Wildman–Crippen MR) is 49.5 cm³/mol. The van der Waals surface area contributed by atoms with Gasteiger partial charge in [-0.3, -0.25) is 4.79 Å². The Balaban J connectivity index is 3.40. The first-order valence-electron chi connectivity index (χ1n) is 3.34. The van der Waals surface area contributed by atoms with E-state index in [1.54, 1.807) is 0 Å². The van der Waals surface area contributed by atoms with Gasteiger partial charge in [-0.05, 0) is 6.42 Å². The second-order valence-electron chi connectivity index (χ2n) is 2.23. The third kappa shape index (κ3) is 7.83. The van der Waals surface area contributed by atoms with E-state index in [9.17, 15) is 13.2 Å². The van der Waals surface area contributed by atoms with Gasteiger partial charge in [-0.15, -0.1) is 0 Å². The van der Waals surface area contributed by atoms with Gasteiger partial charge in [0.25, 0.3) is 0 Å². The zero-order chi connectivity index (χ0) is 9.61. The minimum atomic E-state index is -3.40. The highest BCUT2D eigenvalue weighted by Crippen LogP contribution is 1.83. The highest BCUT2D eigenvalue weighted by molar-refractivity contribution is 7.89. The Labute approximate surface area is 77.2 Å². The van der Waals surface area contributed by atoms with Gasteiger partial charge in [0.1, 0.15) is 0 Å². The molecule has 0 aliphatic rings. The molecule has 5 nitrogen and oxygen atoms in total. The highest BCUT2D eigenvalue weighted by Gasteiger charge is 2.02. The fraction of sp³-hybridized carbons (Fsp3) is 0.800. The molecule has 0 saturated heterocycles. The van der Waals surface area contributed by atoms with Crippen LogP contribution in [0.25, 0.3) is 0 Å². The predicted octanol–water partition coefficient (Wildman–Crippen LogP) is -1.29. The molecule has 0 saturated carbocycles. The Hall–Kier alpha value is -0.270. The number of rotatable bonds is 5. The first-order chi connectivity index (χ1) is 5.45. The summed E-state index contributed by atoms with van der Waals surface area (Å²) >= 11 is 3.72. The maximum absolute atomic E-state index is 10.6. The molecule has 72 valence electrons. The van der Waals surface area contributed by atoms with Crippen molar-refractivity contribution in [3.05, 3.63) is 0 Å². The Morgan fingerprint density at radius 1 is 1.50 bits per heavy atom. The van der Waals surface area contributed by atoms with E-state index in [-0.39, 0.29) is 17.4 Å². The van der Waals surface area contributed by atoms with E-state index in [4.69, 9.17) is 5.14 Å². The summed E-state index contributed by atoms with van der Waals surface area (Å²) in [4.78, 5) is 10.6. The zero-order valence-electron chi connectivity index (χ0n) is 6.49. The van der Waals surface area contributed by atoms with Crippen molar-refractivity contribution in [3.8, 4) is 0 Å². The summed E-state index contributed by atoms with van der Waals surface area (Å²) < 4.78 is 20.8. The molecule has 0 unspecified atom stereocenters. The molecule has 12 heavy (non-hydrogen) atoms. The number of primary sulfonamides is 1. The summed E-state index contributed by atoms with van der Waals surface area (Å²) in [6.45, 7) is 0.315. The average Bonchev–Trinajstić information content (AvgIpc) is 1.96. The number of hydrogen-bond acceptors (Lipinski definition) is 4. The number of hydrogen-bond donors (Lipinski definition) is 3. The Kier molecular flexibility index (Phi) is 5.27. The number of nitrogens with one attached hydrogen (secondary N) is 1. The van der Waals surface area contributed by atoms with Crippen LogP contribution >= 0.6 is 12.6 Å². The fourth-order valence-electron chi connectivity index (χ4n) is 0.557. The molecule has 0 fully saturated rings. The molecule has 0 heterocycles. The van der Waals surface area contributed by atoms with Crippen LogP contribution in [0.2, 0.25) is 0 Å². The number of nitrogens with two attached hydrogens (primary N) is 1. The van der Waals surface area contributed by atoms with Crippen molar-refractivity contribution in [1.82, 2.24) is 5.32 Å². The maximum atomic E-state index is 10.6. The van der Waals surface area contributed by atoms with Gasteiger partial charge in [-0.1, -0.05) is 0 Å². The summed E-state index contributed by atoms with van der Waals surface area (Å²) in [5.41, 5.74) is 0. The van der Waals surface area contributed by atoms with Gasteiger partial charge in [0, 0.05) is 6.54 Å². The van der Waals surface area contributed by atoms with Gasteiger partial charge in [0.05, 0.1) is 11.5 Å². The van der Waals surface area contributed by atoms with Crippen molar-refractivity contribution in [1.29, 1.82) is 0 Å². The molecule has 0 aliphatic carbocycles. The lowest BCUT2D eigenvalue weighted by Gasteiger charge is -2.01. The summed E-state index contributed by atoms with van der Waals surface area (Å²) in [5.74, 6) is -0.220. The van der Waals surface area contributed by atoms with Crippen LogP contribution in [-0.2, 0) is 14.8 Å².